The van der Waals surface area contributed by atoms with E-state index in [1.54, 1.807) is 12.1 Å². The summed E-state index contributed by atoms with van der Waals surface area (Å²) in [6, 6.07) is 14.8. The predicted octanol–water partition coefficient (Wildman–Crippen LogP) is 4.80. The second kappa shape index (κ2) is 7.99. The molecule has 0 unspecified atom stereocenters. The Kier molecular flexibility index (Phi) is 6.01. The molecule has 0 N–H and O–H groups in total. The van der Waals surface area contributed by atoms with Crippen LogP contribution in [0.4, 0.5) is 0 Å². The van der Waals surface area contributed by atoms with Crippen LogP contribution in [0.2, 0.25) is 0 Å². The molecule has 0 amide bonds. The average Bonchev–Trinajstić information content (AvgIpc) is 2.55. The Morgan fingerprint density at radius 2 is 1.36 bits per heavy atom. The van der Waals surface area contributed by atoms with Gasteiger partial charge in [-0.25, -0.2) is 0 Å². The fourth-order valence-electron chi connectivity index (χ4n) is 2.08. The maximum absolute atomic E-state index is 12.5. The van der Waals surface area contributed by atoms with Crippen LogP contribution in [-0.2, 0) is 0 Å². The van der Waals surface area contributed by atoms with Gasteiger partial charge in [0.05, 0.1) is 13.2 Å². The summed E-state index contributed by atoms with van der Waals surface area (Å²) < 4.78 is 10.8. The SMILES string of the molecule is CCOc1ccc(C(=O)[C@H](Br)c2ccc(OCC)cc2)cc1. The quantitative estimate of drug-likeness (QED) is 0.524. The molecule has 2 aromatic rings. The highest BCUT2D eigenvalue weighted by molar-refractivity contribution is 9.09. The smallest absolute Gasteiger partial charge is 0.180 e. The van der Waals surface area contributed by atoms with E-state index in [2.05, 4.69) is 15.9 Å². The molecule has 0 bridgehead atoms. The van der Waals surface area contributed by atoms with Crippen LogP contribution in [0.3, 0.4) is 0 Å². The van der Waals surface area contributed by atoms with E-state index < -0.39 is 0 Å². The predicted molar refractivity (Wildman–Crippen MR) is 91.2 cm³/mol. The van der Waals surface area contributed by atoms with Crippen molar-refractivity contribution in [3.05, 3.63) is 59.7 Å². The van der Waals surface area contributed by atoms with Gasteiger partial charge in [0.1, 0.15) is 16.3 Å². The van der Waals surface area contributed by atoms with Crippen molar-refractivity contribution >= 4 is 21.7 Å². The lowest BCUT2D eigenvalue weighted by Crippen LogP contribution is -2.07. The Hall–Kier alpha value is -1.81. The minimum absolute atomic E-state index is 0.0206. The summed E-state index contributed by atoms with van der Waals surface area (Å²) in [6.07, 6.45) is 0. The molecule has 0 fully saturated rings. The van der Waals surface area contributed by atoms with Crippen LogP contribution >= 0.6 is 15.9 Å². The van der Waals surface area contributed by atoms with Gasteiger partial charge in [-0.15, -0.1) is 0 Å². The Balaban J connectivity index is 2.10. The molecule has 1 atom stereocenters. The van der Waals surface area contributed by atoms with E-state index in [1.165, 1.54) is 0 Å². The highest BCUT2D eigenvalue weighted by Crippen LogP contribution is 2.29. The van der Waals surface area contributed by atoms with Crippen molar-refractivity contribution < 1.29 is 14.3 Å². The van der Waals surface area contributed by atoms with Gasteiger partial charge in [0.15, 0.2) is 5.78 Å². The molecular weight excluding hydrogens is 344 g/mol. The maximum atomic E-state index is 12.5. The third-order valence-electron chi connectivity index (χ3n) is 3.16. The van der Waals surface area contributed by atoms with Crippen molar-refractivity contribution in [2.75, 3.05) is 13.2 Å². The monoisotopic (exact) mass is 362 g/mol. The number of halogens is 1. The zero-order valence-corrected chi connectivity index (χ0v) is 14.3. The third-order valence-corrected chi connectivity index (χ3v) is 4.11. The molecule has 3 nitrogen and oxygen atoms in total. The highest BCUT2D eigenvalue weighted by atomic mass is 79.9. The minimum atomic E-state index is -0.374. The number of benzene rings is 2. The summed E-state index contributed by atoms with van der Waals surface area (Å²) in [5.74, 6) is 1.60. The molecule has 22 heavy (non-hydrogen) atoms. The third kappa shape index (κ3) is 4.10. The van der Waals surface area contributed by atoms with Gasteiger partial charge < -0.3 is 9.47 Å². The van der Waals surface area contributed by atoms with E-state index >= 15 is 0 Å². The molecule has 0 heterocycles. The molecule has 0 spiro atoms. The van der Waals surface area contributed by atoms with Crippen molar-refractivity contribution in [1.29, 1.82) is 0 Å². The molecule has 0 radical (unpaired) electrons. The number of ether oxygens (including phenoxy) is 2. The van der Waals surface area contributed by atoms with Gasteiger partial charge in [0, 0.05) is 5.56 Å². The minimum Gasteiger partial charge on any atom is -0.494 e. The topological polar surface area (TPSA) is 35.5 Å². The van der Waals surface area contributed by atoms with Crippen molar-refractivity contribution in [1.82, 2.24) is 0 Å². The Labute approximate surface area is 139 Å². The fourth-order valence-corrected chi connectivity index (χ4v) is 2.65. The molecule has 0 aliphatic rings. The zero-order valence-electron chi connectivity index (χ0n) is 12.7. The molecule has 2 rings (SSSR count). The molecular formula is C18H19BrO3. The number of Topliss-reactive ketones (excluding diaryl/α,β-unsaturated/α-hetero) is 1. The van der Waals surface area contributed by atoms with E-state index in [-0.39, 0.29) is 10.6 Å². The number of hydrogen-bond acceptors (Lipinski definition) is 3. The number of ketones is 1. The van der Waals surface area contributed by atoms with Crippen LogP contribution in [0.5, 0.6) is 11.5 Å². The van der Waals surface area contributed by atoms with Crippen LogP contribution in [0.25, 0.3) is 0 Å². The first kappa shape index (κ1) is 16.6. The lowest BCUT2D eigenvalue weighted by Gasteiger charge is -2.11. The van der Waals surface area contributed by atoms with E-state index in [0.29, 0.717) is 18.8 Å². The summed E-state index contributed by atoms with van der Waals surface area (Å²) in [4.78, 5) is 12.1. The van der Waals surface area contributed by atoms with Gasteiger partial charge in [-0.1, -0.05) is 28.1 Å². The second-order valence-electron chi connectivity index (χ2n) is 4.69. The van der Waals surface area contributed by atoms with E-state index in [1.807, 2.05) is 50.2 Å². The fraction of sp³-hybridized carbons (Fsp3) is 0.278. The first-order chi connectivity index (χ1) is 10.7. The molecule has 116 valence electrons. The van der Waals surface area contributed by atoms with E-state index in [0.717, 1.165) is 17.1 Å². The molecule has 0 aromatic heterocycles. The number of rotatable bonds is 7. The van der Waals surface area contributed by atoms with Crippen LogP contribution in [-0.4, -0.2) is 19.0 Å². The van der Waals surface area contributed by atoms with Gasteiger partial charge in [0.25, 0.3) is 0 Å². The number of carbonyl (C=O) groups excluding carboxylic acids is 1. The summed E-state index contributed by atoms with van der Waals surface area (Å²) in [5, 5.41) is 0. The Bertz CT molecular complexity index is 605. The zero-order chi connectivity index (χ0) is 15.9. The van der Waals surface area contributed by atoms with Crippen LogP contribution < -0.4 is 9.47 Å². The van der Waals surface area contributed by atoms with Gasteiger partial charge >= 0.3 is 0 Å². The summed E-state index contributed by atoms with van der Waals surface area (Å²) in [5.41, 5.74) is 1.56. The summed E-state index contributed by atoms with van der Waals surface area (Å²) in [6.45, 7) is 5.11. The van der Waals surface area contributed by atoms with Gasteiger partial charge in [-0.2, -0.15) is 0 Å². The first-order valence-corrected chi connectivity index (χ1v) is 8.21. The van der Waals surface area contributed by atoms with Crippen LogP contribution in [0.15, 0.2) is 48.5 Å². The first-order valence-electron chi connectivity index (χ1n) is 7.29. The Morgan fingerprint density at radius 3 is 1.82 bits per heavy atom. The van der Waals surface area contributed by atoms with Crippen molar-refractivity contribution in [3.8, 4) is 11.5 Å². The van der Waals surface area contributed by atoms with Gasteiger partial charge in [-0.05, 0) is 55.8 Å². The Morgan fingerprint density at radius 1 is 0.909 bits per heavy atom. The van der Waals surface area contributed by atoms with Crippen molar-refractivity contribution in [3.63, 3.8) is 0 Å². The largest absolute Gasteiger partial charge is 0.494 e. The van der Waals surface area contributed by atoms with Crippen LogP contribution in [0.1, 0.15) is 34.6 Å². The van der Waals surface area contributed by atoms with Gasteiger partial charge in [-0.3, -0.25) is 4.79 Å². The maximum Gasteiger partial charge on any atom is 0.180 e. The molecule has 0 aliphatic heterocycles. The van der Waals surface area contributed by atoms with Crippen molar-refractivity contribution in [2.24, 2.45) is 0 Å². The molecule has 2 aromatic carbocycles. The van der Waals surface area contributed by atoms with Crippen LogP contribution in [0, 0.1) is 0 Å². The van der Waals surface area contributed by atoms with Crippen molar-refractivity contribution in [2.45, 2.75) is 18.7 Å². The second-order valence-corrected chi connectivity index (χ2v) is 5.60. The molecule has 0 saturated heterocycles. The number of carbonyl (C=O) groups is 1. The lowest BCUT2D eigenvalue weighted by atomic mass is 10.0. The lowest BCUT2D eigenvalue weighted by molar-refractivity contribution is 0.0991. The summed E-state index contributed by atoms with van der Waals surface area (Å²) in [7, 11) is 0. The molecule has 0 saturated carbocycles. The standard InChI is InChI=1S/C18H19BrO3/c1-3-21-15-9-5-13(6-10-15)17(19)18(20)14-7-11-16(12-8-14)22-4-2/h5-12,17H,3-4H2,1-2H3/t17-/m1/s1. The molecule has 4 heteroatoms. The number of alkyl halides is 1. The summed E-state index contributed by atoms with van der Waals surface area (Å²) >= 11 is 3.48. The van der Waals surface area contributed by atoms with E-state index in [9.17, 15) is 4.79 Å². The molecule has 0 aliphatic carbocycles. The number of hydrogen-bond donors (Lipinski definition) is 0. The van der Waals surface area contributed by atoms with E-state index in [4.69, 9.17) is 9.47 Å². The van der Waals surface area contributed by atoms with Gasteiger partial charge in [0.2, 0.25) is 0 Å². The average molecular weight is 363 g/mol. The normalized spacial score (nSPS) is 11.8. The highest BCUT2D eigenvalue weighted by Gasteiger charge is 2.19.